The van der Waals surface area contributed by atoms with E-state index >= 15 is 0 Å². The molecule has 0 amide bonds. The third-order valence-electron chi connectivity index (χ3n) is 3.27. The van der Waals surface area contributed by atoms with Gasteiger partial charge in [0.25, 0.3) is 0 Å². The Kier molecular flexibility index (Phi) is 6.99. The maximum Gasteiger partial charge on any atom is 0.128 e. The van der Waals surface area contributed by atoms with E-state index in [0.717, 1.165) is 13.1 Å². The largest absolute Gasteiger partial charge is 0.388 e. The Morgan fingerprint density at radius 2 is 1.95 bits per heavy atom. The van der Waals surface area contributed by atoms with Gasteiger partial charge in [0.2, 0.25) is 0 Å². The first-order chi connectivity index (χ1) is 9.06. The summed E-state index contributed by atoms with van der Waals surface area (Å²) >= 11 is 0. The molecule has 19 heavy (non-hydrogen) atoms. The van der Waals surface area contributed by atoms with Gasteiger partial charge in [0.1, 0.15) is 5.82 Å². The van der Waals surface area contributed by atoms with E-state index in [0.29, 0.717) is 24.6 Å². The molecule has 0 bridgehead atoms. The average Bonchev–Trinajstić information content (AvgIpc) is 2.38. The van der Waals surface area contributed by atoms with E-state index in [1.165, 1.54) is 6.07 Å². The molecule has 0 aliphatic heterocycles. The predicted octanol–water partition coefficient (Wildman–Crippen LogP) is 2.61. The van der Waals surface area contributed by atoms with Crippen molar-refractivity contribution in [3.05, 3.63) is 35.6 Å². The first-order valence-corrected chi connectivity index (χ1v) is 6.71. The molecule has 0 spiro atoms. The van der Waals surface area contributed by atoms with Crippen LogP contribution < -0.4 is 0 Å². The molecule has 0 aliphatic carbocycles. The fourth-order valence-corrected chi connectivity index (χ4v) is 2.03. The van der Waals surface area contributed by atoms with Crippen LogP contribution in [0.4, 0.5) is 4.39 Å². The Labute approximate surface area is 115 Å². The van der Waals surface area contributed by atoms with Crippen LogP contribution in [0.2, 0.25) is 0 Å². The van der Waals surface area contributed by atoms with Crippen LogP contribution in [0.3, 0.4) is 0 Å². The molecule has 0 saturated heterocycles. The van der Waals surface area contributed by atoms with E-state index in [4.69, 9.17) is 4.74 Å². The molecule has 1 N–H and O–H groups in total. The van der Waals surface area contributed by atoms with Crippen molar-refractivity contribution in [3.8, 4) is 0 Å². The highest BCUT2D eigenvalue weighted by molar-refractivity contribution is 5.19. The lowest BCUT2D eigenvalue weighted by Gasteiger charge is -2.27. The Balaban J connectivity index is 2.52. The average molecular weight is 269 g/mol. The third kappa shape index (κ3) is 5.27. The first kappa shape index (κ1) is 16.1. The van der Waals surface area contributed by atoms with Crippen LogP contribution in [0, 0.1) is 5.82 Å². The van der Waals surface area contributed by atoms with Gasteiger partial charge in [-0.3, -0.25) is 4.90 Å². The highest BCUT2D eigenvalue weighted by Gasteiger charge is 2.15. The zero-order chi connectivity index (χ0) is 14.3. The van der Waals surface area contributed by atoms with E-state index in [-0.39, 0.29) is 5.82 Å². The first-order valence-electron chi connectivity index (χ1n) is 6.71. The molecule has 0 heterocycles. The standard InChI is InChI=1S/C15H24FNO2/c1-12(2)17(10-11-19-3)9-8-15(18)13-6-4-5-7-14(13)16/h4-7,12,15,18H,8-11H2,1-3H3. The highest BCUT2D eigenvalue weighted by atomic mass is 19.1. The number of aliphatic hydroxyl groups excluding tert-OH is 1. The molecule has 0 radical (unpaired) electrons. The molecule has 3 nitrogen and oxygen atoms in total. The maximum atomic E-state index is 13.5. The number of methoxy groups -OCH3 is 1. The van der Waals surface area contributed by atoms with Gasteiger partial charge in [-0.2, -0.15) is 0 Å². The molecule has 4 heteroatoms. The van der Waals surface area contributed by atoms with Crippen molar-refractivity contribution in [2.45, 2.75) is 32.4 Å². The lowest BCUT2D eigenvalue weighted by atomic mass is 10.1. The van der Waals surface area contributed by atoms with Gasteiger partial charge in [-0.1, -0.05) is 18.2 Å². The topological polar surface area (TPSA) is 32.7 Å². The molecule has 1 atom stereocenters. The van der Waals surface area contributed by atoms with E-state index in [9.17, 15) is 9.50 Å². The zero-order valence-electron chi connectivity index (χ0n) is 12.0. The van der Waals surface area contributed by atoms with Crippen LogP contribution in [0.5, 0.6) is 0 Å². The minimum absolute atomic E-state index is 0.344. The molecule has 108 valence electrons. The second-order valence-corrected chi connectivity index (χ2v) is 4.95. The molecule has 1 rings (SSSR count). The number of hydrogen-bond donors (Lipinski definition) is 1. The third-order valence-corrected chi connectivity index (χ3v) is 3.27. The van der Waals surface area contributed by atoms with Gasteiger partial charge in [-0.25, -0.2) is 4.39 Å². The minimum Gasteiger partial charge on any atom is -0.388 e. The summed E-state index contributed by atoms with van der Waals surface area (Å²) in [6.07, 6.45) is -0.243. The fourth-order valence-electron chi connectivity index (χ4n) is 2.03. The van der Waals surface area contributed by atoms with Crippen LogP contribution in [0.15, 0.2) is 24.3 Å². The number of aliphatic hydroxyl groups is 1. The van der Waals surface area contributed by atoms with E-state index in [1.807, 2.05) is 0 Å². The van der Waals surface area contributed by atoms with E-state index < -0.39 is 6.10 Å². The van der Waals surface area contributed by atoms with Crippen molar-refractivity contribution in [2.75, 3.05) is 26.8 Å². The summed E-state index contributed by atoms with van der Waals surface area (Å²) < 4.78 is 18.6. The van der Waals surface area contributed by atoms with Crippen LogP contribution in [0.1, 0.15) is 31.9 Å². The quantitative estimate of drug-likeness (QED) is 0.787. The molecule has 0 fully saturated rings. The van der Waals surface area contributed by atoms with Crippen molar-refractivity contribution >= 4 is 0 Å². The molecular weight excluding hydrogens is 245 g/mol. The molecule has 0 aromatic heterocycles. The van der Waals surface area contributed by atoms with E-state index in [2.05, 4.69) is 18.7 Å². The van der Waals surface area contributed by atoms with Gasteiger partial charge in [0.15, 0.2) is 0 Å². The second kappa shape index (κ2) is 8.25. The van der Waals surface area contributed by atoms with Gasteiger partial charge in [-0.15, -0.1) is 0 Å². The summed E-state index contributed by atoms with van der Waals surface area (Å²) in [7, 11) is 1.67. The van der Waals surface area contributed by atoms with Gasteiger partial charge in [0, 0.05) is 31.8 Å². The minimum atomic E-state index is -0.759. The number of ether oxygens (including phenoxy) is 1. The highest BCUT2D eigenvalue weighted by Crippen LogP contribution is 2.20. The van der Waals surface area contributed by atoms with Gasteiger partial charge in [-0.05, 0) is 26.3 Å². The SMILES string of the molecule is COCCN(CCC(O)c1ccccc1F)C(C)C. The molecular formula is C15H24FNO2. The van der Waals surface area contributed by atoms with Crippen LogP contribution >= 0.6 is 0 Å². The van der Waals surface area contributed by atoms with Crippen molar-refractivity contribution < 1.29 is 14.2 Å². The number of halogens is 1. The molecule has 0 aliphatic rings. The van der Waals surface area contributed by atoms with Crippen molar-refractivity contribution in [3.63, 3.8) is 0 Å². The number of benzene rings is 1. The smallest absolute Gasteiger partial charge is 0.128 e. The lowest BCUT2D eigenvalue weighted by Crippen LogP contribution is -2.35. The molecule has 0 saturated carbocycles. The molecule has 1 aromatic carbocycles. The summed E-state index contributed by atoms with van der Waals surface area (Å²) in [6.45, 7) is 6.40. The predicted molar refractivity (Wildman–Crippen MR) is 74.6 cm³/mol. The van der Waals surface area contributed by atoms with Crippen LogP contribution in [0.25, 0.3) is 0 Å². The zero-order valence-corrected chi connectivity index (χ0v) is 12.0. The van der Waals surface area contributed by atoms with Crippen molar-refractivity contribution in [1.29, 1.82) is 0 Å². The molecule has 1 unspecified atom stereocenters. The summed E-state index contributed by atoms with van der Waals surface area (Å²) in [6, 6.07) is 6.76. The Bertz CT molecular complexity index is 371. The van der Waals surface area contributed by atoms with Crippen LogP contribution in [-0.4, -0.2) is 42.9 Å². The number of nitrogens with zero attached hydrogens (tertiary/aromatic N) is 1. The van der Waals surface area contributed by atoms with Crippen molar-refractivity contribution in [2.24, 2.45) is 0 Å². The Morgan fingerprint density at radius 1 is 1.26 bits per heavy atom. The van der Waals surface area contributed by atoms with Crippen LogP contribution in [-0.2, 0) is 4.74 Å². The van der Waals surface area contributed by atoms with E-state index in [1.54, 1.807) is 25.3 Å². The summed E-state index contributed by atoms with van der Waals surface area (Å²) in [5, 5.41) is 10.1. The summed E-state index contributed by atoms with van der Waals surface area (Å²) in [5.74, 6) is -0.344. The number of rotatable bonds is 8. The monoisotopic (exact) mass is 269 g/mol. The molecule has 1 aromatic rings. The Morgan fingerprint density at radius 3 is 2.53 bits per heavy atom. The fraction of sp³-hybridized carbons (Fsp3) is 0.600. The van der Waals surface area contributed by atoms with Crippen molar-refractivity contribution in [1.82, 2.24) is 4.90 Å². The van der Waals surface area contributed by atoms with Gasteiger partial charge < -0.3 is 9.84 Å². The van der Waals surface area contributed by atoms with Gasteiger partial charge in [0.05, 0.1) is 12.7 Å². The Hall–Kier alpha value is -0.970. The second-order valence-electron chi connectivity index (χ2n) is 4.95. The van der Waals surface area contributed by atoms with Gasteiger partial charge >= 0.3 is 0 Å². The normalized spacial score (nSPS) is 13.2. The lowest BCUT2D eigenvalue weighted by molar-refractivity contribution is 0.101. The summed E-state index contributed by atoms with van der Waals surface area (Å²) in [4.78, 5) is 2.22. The summed E-state index contributed by atoms with van der Waals surface area (Å²) in [5.41, 5.74) is 0.373. The maximum absolute atomic E-state index is 13.5. The number of hydrogen-bond acceptors (Lipinski definition) is 3.